The molecule has 3 saturated heterocycles. The third-order valence-corrected chi connectivity index (χ3v) is 22.6. The van der Waals surface area contributed by atoms with Gasteiger partial charge in [-0.2, -0.15) is 0 Å². The van der Waals surface area contributed by atoms with E-state index in [2.05, 4.69) is 116 Å². The average molecular weight is 725 g/mol. The normalized spacial score (nSPS) is 33.2. The molecule has 0 amide bonds. The third kappa shape index (κ3) is 4.54. The van der Waals surface area contributed by atoms with Crippen LogP contribution in [0.15, 0.2) is 6.07 Å². The molecule has 4 heterocycles. The highest BCUT2D eigenvalue weighted by Crippen LogP contribution is 2.67. The van der Waals surface area contributed by atoms with Crippen LogP contribution in [-0.2, 0) is 18.6 Å². The fraction of sp³-hybridized carbons (Fsp3) is 0.725. The summed E-state index contributed by atoms with van der Waals surface area (Å²) in [5.74, 6) is 0.296. The quantitative estimate of drug-likeness (QED) is 0.246. The van der Waals surface area contributed by atoms with Gasteiger partial charge in [0, 0.05) is 21.6 Å². The first-order chi connectivity index (χ1) is 22.8. The Morgan fingerprint density at radius 2 is 1.54 bits per heavy atom. The molecule has 7 rings (SSSR count). The van der Waals surface area contributed by atoms with Crippen LogP contribution in [0.2, 0.25) is 28.2 Å². The summed E-state index contributed by atoms with van der Waals surface area (Å²) >= 11 is 0. The van der Waals surface area contributed by atoms with E-state index in [-0.39, 0.29) is 22.7 Å². The van der Waals surface area contributed by atoms with Crippen molar-refractivity contribution in [2.75, 3.05) is 6.61 Å². The van der Waals surface area contributed by atoms with Crippen LogP contribution < -0.4 is 8.85 Å². The van der Waals surface area contributed by atoms with E-state index in [0.29, 0.717) is 30.1 Å². The topological polar surface area (TPSA) is 96.0 Å². The van der Waals surface area contributed by atoms with Gasteiger partial charge in [-0.15, -0.1) is 0 Å². The van der Waals surface area contributed by atoms with Gasteiger partial charge in [0.05, 0.1) is 17.6 Å². The molecule has 0 aromatic heterocycles. The van der Waals surface area contributed by atoms with Crippen molar-refractivity contribution in [2.24, 2.45) is 5.92 Å². The number of aliphatic hydroxyl groups is 1. The van der Waals surface area contributed by atoms with Gasteiger partial charge in [0.1, 0.15) is 35.9 Å². The lowest BCUT2D eigenvalue weighted by Crippen LogP contribution is -2.64. The molecule has 0 saturated carbocycles. The lowest BCUT2D eigenvalue weighted by atomic mass is 9.76. The van der Waals surface area contributed by atoms with E-state index in [1.165, 1.54) is 0 Å². The maximum atomic E-state index is 15.0. The summed E-state index contributed by atoms with van der Waals surface area (Å²) in [5.41, 5.74) is 3.78. The summed E-state index contributed by atoms with van der Waals surface area (Å²) < 4.78 is 41.6. The minimum Gasteiger partial charge on any atom is -0.510 e. The molecule has 7 atom stereocenters. The number of aryl methyl sites for hydroxylation is 2. The summed E-state index contributed by atoms with van der Waals surface area (Å²) in [6, 6.07) is 2.20. The van der Waals surface area contributed by atoms with E-state index in [9.17, 15) is 5.11 Å². The number of benzene rings is 2. The summed E-state index contributed by atoms with van der Waals surface area (Å²) in [6.07, 6.45) is -1.99. The number of hydrogen-bond acceptors (Lipinski definition) is 8. The summed E-state index contributed by atoms with van der Waals surface area (Å²) in [5, 5.41) is 12.7. The molecule has 3 fully saturated rings. The smallest absolute Gasteiger partial charge is 0.471 e. The number of hydrogen-bond donors (Lipinski definition) is 1. The Bertz CT molecular complexity index is 1780. The monoisotopic (exact) mass is 724 g/mol. The van der Waals surface area contributed by atoms with Crippen molar-refractivity contribution in [1.29, 1.82) is 0 Å². The molecule has 1 N–H and O–H groups in total. The molecule has 50 heavy (non-hydrogen) atoms. The number of rotatable bonds is 4. The molecule has 4 aliphatic heterocycles. The second-order valence-electron chi connectivity index (χ2n) is 19.9. The van der Waals surface area contributed by atoms with Crippen LogP contribution in [0.25, 0.3) is 10.8 Å². The second kappa shape index (κ2) is 10.7. The van der Waals surface area contributed by atoms with Crippen LogP contribution in [0.1, 0.15) is 134 Å². The lowest BCUT2D eigenvalue weighted by molar-refractivity contribution is -0.230. The van der Waals surface area contributed by atoms with E-state index < -0.39 is 62.8 Å². The van der Waals surface area contributed by atoms with Gasteiger partial charge < -0.3 is 32.6 Å². The van der Waals surface area contributed by atoms with Crippen molar-refractivity contribution >= 4 is 33.4 Å². The average Bonchev–Trinajstić information content (AvgIpc) is 3.62. The van der Waals surface area contributed by atoms with E-state index in [1.54, 1.807) is 0 Å². The Kier molecular flexibility index (Phi) is 7.80. The first-order valence-electron chi connectivity index (χ1n) is 18.7. The van der Waals surface area contributed by atoms with E-state index in [1.807, 2.05) is 0 Å². The summed E-state index contributed by atoms with van der Waals surface area (Å²) in [6.45, 7) is 35.2. The Morgan fingerprint density at radius 3 is 2.06 bits per heavy atom. The largest absolute Gasteiger partial charge is 0.510 e. The predicted octanol–water partition coefficient (Wildman–Crippen LogP) is 9.30. The Hall–Kier alpha value is -1.80. The van der Waals surface area contributed by atoms with Gasteiger partial charge in [-0.05, 0) is 66.4 Å². The molecule has 0 radical (unpaired) electrons. The molecule has 8 nitrogen and oxygen atoms in total. The first-order valence-corrected chi connectivity index (χ1v) is 23.4. The number of aliphatic hydroxyl groups excluding tert-OH is 1. The van der Waals surface area contributed by atoms with Crippen molar-refractivity contribution < 1.29 is 37.4 Å². The SMILES string of the molecule is Cc1cc2c(C)c3c(c4c2c(c1[C@@H]1O[C@@]2(C(C)C)O[C@@H]1[C@@H](O)[C@@]21CO1)O[Si](C(C)(C)C)(C(C)(C)C)O4)C(=O)[C@@H](O[Si](C)(C)C(C)(C)C)C[C@@H]3C. The van der Waals surface area contributed by atoms with E-state index >= 15 is 4.79 Å². The molecule has 1 spiro atoms. The molecule has 10 heteroatoms. The zero-order valence-electron chi connectivity index (χ0n) is 33.3. The summed E-state index contributed by atoms with van der Waals surface area (Å²) in [4.78, 5) is 15.0. The number of carbonyl (C=O) groups excluding carboxylic acids is 1. The van der Waals surface area contributed by atoms with Crippen molar-refractivity contribution in [3.8, 4) is 11.5 Å². The molecular weight excluding hydrogens is 665 g/mol. The predicted molar refractivity (Wildman–Crippen MR) is 200 cm³/mol. The minimum atomic E-state index is -3.31. The molecule has 0 unspecified atom stereocenters. The van der Waals surface area contributed by atoms with Gasteiger partial charge >= 0.3 is 8.56 Å². The van der Waals surface area contributed by atoms with Crippen LogP contribution >= 0.6 is 0 Å². The van der Waals surface area contributed by atoms with E-state index in [4.69, 9.17) is 27.5 Å². The van der Waals surface area contributed by atoms with Gasteiger partial charge in [-0.1, -0.05) is 89.2 Å². The zero-order valence-corrected chi connectivity index (χ0v) is 35.3. The highest BCUT2D eigenvalue weighted by Gasteiger charge is 2.81. The maximum Gasteiger partial charge on any atom is 0.471 e. The van der Waals surface area contributed by atoms with Crippen LogP contribution in [0.4, 0.5) is 0 Å². The number of ether oxygens (including phenoxy) is 3. The number of epoxide rings is 1. The van der Waals surface area contributed by atoms with Gasteiger partial charge in [0.25, 0.3) is 0 Å². The fourth-order valence-corrected chi connectivity index (χ4v) is 15.4. The standard InChI is InChI=1S/C40H60O8Si2/c1-20(2)40-39(19-43-39)35(42)34(45-40)33(44-40)27-21(3)17-24-23(5)26-22(4)18-25(46-49(15,16)36(6,7)8)30(41)29(26)32-28(24)31(27)47-50(48-32,37(9,10)11)38(12,13)14/h17,20,22,25,33-35,42H,18-19H2,1-16H3/t22-,25-,33-,34-,35+,39-,40-/m0/s1. The number of fused-ring (bicyclic) bond motifs is 5. The third-order valence-electron chi connectivity index (χ3n) is 13.2. The van der Waals surface area contributed by atoms with Crippen LogP contribution in [0, 0.1) is 19.8 Å². The minimum absolute atomic E-state index is 0.00475. The molecule has 1 aliphatic carbocycles. The highest BCUT2D eigenvalue weighted by molar-refractivity contribution is 6.75. The van der Waals surface area contributed by atoms with Gasteiger partial charge in [0.15, 0.2) is 19.7 Å². The maximum absolute atomic E-state index is 15.0. The zero-order chi connectivity index (χ0) is 37.1. The Labute approximate surface area is 301 Å². The second-order valence-corrected chi connectivity index (χ2v) is 29.3. The van der Waals surface area contributed by atoms with Gasteiger partial charge in [-0.25, -0.2) is 0 Å². The summed E-state index contributed by atoms with van der Waals surface area (Å²) in [7, 11) is -5.59. The molecule has 5 aliphatic rings. The Morgan fingerprint density at radius 1 is 0.960 bits per heavy atom. The Balaban J connectivity index is 1.52. The van der Waals surface area contributed by atoms with Crippen molar-refractivity contribution in [1.82, 2.24) is 0 Å². The first kappa shape index (κ1) is 36.6. The van der Waals surface area contributed by atoms with Gasteiger partial charge in [0.2, 0.25) is 5.79 Å². The number of ketones is 1. The van der Waals surface area contributed by atoms with Gasteiger partial charge in [-0.3, -0.25) is 4.79 Å². The molecule has 2 bridgehead atoms. The highest BCUT2D eigenvalue weighted by atomic mass is 28.4. The molecule has 2 aromatic rings. The van der Waals surface area contributed by atoms with Crippen LogP contribution in [0.5, 0.6) is 11.5 Å². The fourth-order valence-electron chi connectivity index (χ4n) is 9.59. The van der Waals surface area contributed by atoms with Crippen molar-refractivity contribution in [3.63, 3.8) is 0 Å². The van der Waals surface area contributed by atoms with Crippen molar-refractivity contribution in [2.45, 2.75) is 173 Å². The van der Waals surface area contributed by atoms with Crippen LogP contribution in [0.3, 0.4) is 0 Å². The number of carbonyl (C=O) groups is 1. The molecule has 276 valence electrons. The van der Waals surface area contributed by atoms with Crippen molar-refractivity contribution in [3.05, 3.63) is 33.9 Å². The van der Waals surface area contributed by atoms with E-state index in [0.717, 1.165) is 33.0 Å². The number of Topliss-reactive ketones (excluding diaryl/α,β-unsaturated/α-hetero) is 1. The van der Waals surface area contributed by atoms with Crippen LogP contribution in [-0.4, -0.2) is 64.1 Å². The molecule has 2 aromatic carbocycles. The molecular formula is C40H60O8Si2. The lowest BCUT2D eigenvalue weighted by Gasteiger charge is -2.52.